The van der Waals surface area contributed by atoms with Crippen LogP contribution in [0.2, 0.25) is 0 Å². The third kappa shape index (κ3) is 2.56. The molecule has 1 rings (SSSR count). The van der Waals surface area contributed by atoms with Crippen molar-refractivity contribution in [3.05, 3.63) is 29.8 Å². The summed E-state index contributed by atoms with van der Waals surface area (Å²) in [7, 11) is 0.640. The summed E-state index contributed by atoms with van der Waals surface area (Å²) in [6.45, 7) is 0.145. The Labute approximate surface area is 71.9 Å². The molecule has 1 aromatic carbocycles. The Morgan fingerprint density at radius 2 is 1.92 bits per heavy atom. The molecule has 0 aliphatic rings. The van der Waals surface area contributed by atoms with E-state index < -0.39 is 0 Å². The van der Waals surface area contributed by atoms with Crippen LogP contribution in [0.1, 0.15) is 5.56 Å². The Bertz CT molecular complexity index is 197. The molecule has 0 aliphatic carbocycles. The number of hydrogen-bond acceptors (Lipinski definition) is 3. The molecule has 3 nitrogen and oxygen atoms in total. The second-order valence-electron chi connectivity index (χ2n) is 2.34. The topological polar surface area (TPSA) is 49.7 Å². The fraction of sp³-hybridized carbons (Fsp3) is 0.250. The van der Waals surface area contributed by atoms with Crippen LogP contribution in [0.15, 0.2) is 24.3 Å². The van der Waals surface area contributed by atoms with Gasteiger partial charge >= 0.3 is 7.69 Å². The van der Waals surface area contributed by atoms with Crippen molar-refractivity contribution in [3.63, 3.8) is 0 Å². The Hall–Kier alpha value is -0.995. The molecular formula is C8H10BO3. The maximum absolute atomic E-state index is 8.61. The van der Waals surface area contributed by atoms with Crippen molar-refractivity contribution >= 4 is 7.69 Å². The van der Waals surface area contributed by atoms with E-state index in [2.05, 4.69) is 0 Å². The highest BCUT2D eigenvalue weighted by atomic mass is 16.5. The van der Waals surface area contributed by atoms with Crippen molar-refractivity contribution in [1.29, 1.82) is 0 Å². The van der Waals surface area contributed by atoms with Crippen molar-refractivity contribution in [2.75, 3.05) is 6.61 Å². The minimum Gasteiger partial charge on any atom is -0.537 e. The van der Waals surface area contributed by atoms with E-state index in [0.717, 1.165) is 5.56 Å². The van der Waals surface area contributed by atoms with Gasteiger partial charge in [-0.15, -0.1) is 0 Å². The minimum atomic E-state index is 0.145. The molecule has 0 aliphatic heterocycles. The van der Waals surface area contributed by atoms with Gasteiger partial charge in [0, 0.05) is 6.61 Å². The van der Waals surface area contributed by atoms with Crippen LogP contribution < -0.4 is 4.65 Å². The molecule has 0 fully saturated rings. The fourth-order valence-corrected chi connectivity index (χ4v) is 0.925. The molecule has 1 aromatic rings. The van der Waals surface area contributed by atoms with E-state index in [1.807, 2.05) is 12.1 Å². The van der Waals surface area contributed by atoms with E-state index in [4.69, 9.17) is 14.8 Å². The highest BCUT2D eigenvalue weighted by Crippen LogP contribution is 2.11. The lowest BCUT2D eigenvalue weighted by atomic mass is 10.1. The van der Waals surface area contributed by atoms with Gasteiger partial charge < -0.3 is 14.8 Å². The van der Waals surface area contributed by atoms with Gasteiger partial charge in [-0.2, -0.15) is 0 Å². The molecule has 1 radical (unpaired) electrons. The largest absolute Gasteiger partial charge is 0.569 e. The predicted octanol–water partition coefficient (Wildman–Crippen LogP) is 0.127. The maximum atomic E-state index is 8.61. The first-order valence-corrected chi connectivity index (χ1v) is 3.69. The second-order valence-corrected chi connectivity index (χ2v) is 2.34. The maximum Gasteiger partial charge on any atom is 0.569 e. The van der Waals surface area contributed by atoms with Gasteiger partial charge in [-0.3, -0.25) is 0 Å². The van der Waals surface area contributed by atoms with E-state index in [9.17, 15) is 0 Å². The molecule has 12 heavy (non-hydrogen) atoms. The lowest BCUT2D eigenvalue weighted by Gasteiger charge is -2.02. The lowest BCUT2D eigenvalue weighted by molar-refractivity contribution is 0.299. The van der Waals surface area contributed by atoms with E-state index in [1.54, 1.807) is 12.1 Å². The molecule has 0 bridgehead atoms. The number of aliphatic hydroxyl groups excluding tert-OH is 1. The first kappa shape index (κ1) is 9.10. The van der Waals surface area contributed by atoms with Gasteiger partial charge in [0.25, 0.3) is 0 Å². The Kier molecular flexibility index (Phi) is 3.64. The van der Waals surface area contributed by atoms with Crippen LogP contribution in [-0.2, 0) is 6.42 Å². The number of aliphatic hydroxyl groups is 1. The summed E-state index contributed by atoms with van der Waals surface area (Å²) in [5.41, 5.74) is 1.04. The Morgan fingerprint density at radius 3 is 2.42 bits per heavy atom. The van der Waals surface area contributed by atoms with Crippen LogP contribution in [0.25, 0.3) is 0 Å². The van der Waals surface area contributed by atoms with Gasteiger partial charge in [0.1, 0.15) is 0 Å². The van der Waals surface area contributed by atoms with Gasteiger partial charge in [-0.1, -0.05) is 12.1 Å². The SMILES string of the molecule is O[B]Oc1ccc(CCO)cc1. The summed E-state index contributed by atoms with van der Waals surface area (Å²) >= 11 is 0. The predicted molar refractivity (Wildman–Crippen MR) is 45.8 cm³/mol. The van der Waals surface area contributed by atoms with Crippen LogP contribution in [0, 0.1) is 0 Å². The summed E-state index contributed by atoms with van der Waals surface area (Å²) in [5.74, 6) is 0.583. The van der Waals surface area contributed by atoms with Crippen LogP contribution in [0.5, 0.6) is 5.75 Å². The highest BCUT2D eigenvalue weighted by molar-refractivity contribution is 6.17. The first-order valence-electron chi connectivity index (χ1n) is 3.69. The van der Waals surface area contributed by atoms with Gasteiger partial charge in [-0.25, -0.2) is 0 Å². The molecule has 0 unspecified atom stereocenters. The zero-order valence-electron chi connectivity index (χ0n) is 6.60. The van der Waals surface area contributed by atoms with Gasteiger partial charge in [0.05, 0.1) is 5.75 Å². The van der Waals surface area contributed by atoms with E-state index in [1.165, 1.54) is 0 Å². The van der Waals surface area contributed by atoms with Gasteiger partial charge in [-0.05, 0) is 24.1 Å². The Morgan fingerprint density at radius 1 is 1.25 bits per heavy atom. The van der Waals surface area contributed by atoms with Gasteiger partial charge in [0.15, 0.2) is 0 Å². The third-order valence-electron chi connectivity index (χ3n) is 1.51. The summed E-state index contributed by atoms with van der Waals surface area (Å²) in [6.07, 6.45) is 0.642. The molecular weight excluding hydrogens is 155 g/mol. The van der Waals surface area contributed by atoms with Gasteiger partial charge in [0.2, 0.25) is 0 Å². The fourth-order valence-electron chi connectivity index (χ4n) is 0.925. The zero-order chi connectivity index (χ0) is 8.81. The van der Waals surface area contributed by atoms with E-state index in [0.29, 0.717) is 19.9 Å². The minimum absolute atomic E-state index is 0.145. The average molecular weight is 165 g/mol. The summed E-state index contributed by atoms with van der Waals surface area (Å²) < 4.78 is 4.71. The van der Waals surface area contributed by atoms with E-state index in [-0.39, 0.29) is 6.61 Å². The highest BCUT2D eigenvalue weighted by Gasteiger charge is 1.94. The summed E-state index contributed by atoms with van der Waals surface area (Å²) in [5, 5.41) is 16.9. The monoisotopic (exact) mass is 165 g/mol. The molecule has 0 saturated heterocycles. The lowest BCUT2D eigenvalue weighted by Crippen LogP contribution is -1.99. The number of benzene rings is 1. The molecule has 2 N–H and O–H groups in total. The Balaban J connectivity index is 2.58. The summed E-state index contributed by atoms with van der Waals surface area (Å²) in [4.78, 5) is 0. The van der Waals surface area contributed by atoms with Crippen molar-refractivity contribution in [2.24, 2.45) is 0 Å². The zero-order valence-corrected chi connectivity index (χ0v) is 6.60. The second kappa shape index (κ2) is 4.80. The van der Waals surface area contributed by atoms with Crippen LogP contribution >= 0.6 is 0 Å². The molecule has 0 amide bonds. The molecule has 0 atom stereocenters. The van der Waals surface area contributed by atoms with Crippen molar-refractivity contribution in [2.45, 2.75) is 6.42 Å². The van der Waals surface area contributed by atoms with Crippen molar-refractivity contribution in [3.8, 4) is 5.75 Å². The quantitative estimate of drug-likeness (QED) is 0.623. The van der Waals surface area contributed by atoms with Crippen LogP contribution in [0.3, 0.4) is 0 Å². The van der Waals surface area contributed by atoms with Crippen LogP contribution in [0.4, 0.5) is 0 Å². The third-order valence-corrected chi connectivity index (χ3v) is 1.51. The molecule has 0 saturated carbocycles. The number of hydrogen-bond donors (Lipinski definition) is 2. The first-order chi connectivity index (χ1) is 5.86. The van der Waals surface area contributed by atoms with Crippen LogP contribution in [-0.4, -0.2) is 24.4 Å². The number of rotatable bonds is 4. The van der Waals surface area contributed by atoms with E-state index >= 15 is 0 Å². The molecule has 63 valence electrons. The molecule has 0 heterocycles. The van der Waals surface area contributed by atoms with Crippen molar-refractivity contribution in [1.82, 2.24) is 0 Å². The molecule has 0 spiro atoms. The average Bonchev–Trinajstić information content (AvgIpc) is 2.09. The summed E-state index contributed by atoms with van der Waals surface area (Å²) in [6, 6.07) is 7.15. The van der Waals surface area contributed by atoms with Crippen molar-refractivity contribution < 1.29 is 14.8 Å². The standard InChI is InChI=1S/C8H10BO3/c10-6-5-7-1-3-8(4-2-7)12-9-11/h1-4,10-11H,5-6H2. The molecule has 4 heteroatoms. The normalized spacial score (nSPS) is 9.50. The molecule has 0 aromatic heterocycles. The smallest absolute Gasteiger partial charge is 0.537 e.